The molecule has 0 fully saturated rings. The van der Waals surface area contributed by atoms with Crippen molar-refractivity contribution < 1.29 is 23.9 Å². The first-order valence-corrected chi connectivity index (χ1v) is 15.3. The molecule has 6 heteroatoms. The van der Waals surface area contributed by atoms with E-state index < -0.39 is 5.97 Å². The van der Waals surface area contributed by atoms with Crippen LogP contribution in [0.15, 0.2) is 103 Å². The molecule has 0 atom stereocenters. The van der Waals surface area contributed by atoms with Crippen LogP contribution < -0.4 is 24.0 Å². The number of allylic oxidation sites excluding steroid dienone is 3. The monoisotopic (exact) mass is 614 g/mol. The number of ether oxygens (including phenoxy) is 2. The normalized spacial score (nSPS) is 11.7. The van der Waals surface area contributed by atoms with Crippen molar-refractivity contribution in [2.24, 2.45) is 0 Å². The van der Waals surface area contributed by atoms with E-state index in [4.69, 9.17) is 9.47 Å². The number of benzene rings is 3. The minimum Gasteiger partial charge on any atom is -0.545 e. The summed E-state index contributed by atoms with van der Waals surface area (Å²) in [5, 5.41) is 10.8. The summed E-state index contributed by atoms with van der Waals surface area (Å²) in [5.41, 5.74) is 8.65. The zero-order chi connectivity index (χ0) is 32.9. The number of anilines is 1. The first kappa shape index (κ1) is 33.5. The van der Waals surface area contributed by atoms with Crippen LogP contribution in [0, 0.1) is 13.8 Å². The standard InChI is InChI=1S/C40H42N2O4/c1-30-27-34(12-7-6-11-32-17-21-37(22-18-32)41(3)4)28-31(2)42(30)25-26-46-38-23-19-33(29-39(38)45-5)13-10-16-35-14-8-9-15-36(35)20-24-40(43)44/h6-12,14-24,27-29H,13,25-26H2,1-5H3/b16-10+,24-20+. The molecule has 0 radical (unpaired) electrons. The lowest BCUT2D eigenvalue weighted by atomic mass is 10.0. The SMILES string of the molecule is COc1cc(C/C=C/c2ccccc2/C=C/C(=O)[O-])ccc1OCC[n+]1c(C)cc(/C=C/C=C/c2ccc(N(C)C)cc2)cc1C. The van der Waals surface area contributed by atoms with E-state index in [9.17, 15) is 9.90 Å². The van der Waals surface area contributed by atoms with Gasteiger partial charge in [-0.2, -0.15) is 4.57 Å². The van der Waals surface area contributed by atoms with Gasteiger partial charge in [-0.1, -0.05) is 85.0 Å². The van der Waals surface area contributed by atoms with Gasteiger partial charge in [0.05, 0.1) is 13.1 Å². The highest BCUT2D eigenvalue weighted by atomic mass is 16.5. The van der Waals surface area contributed by atoms with Gasteiger partial charge in [-0.25, -0.2) is 0 Å². The molecular weight excluding hydrogens is 572 g/mol. The minimum absolute atomic E-state index is 0.503. The lowest BCUT2D eigenvalue weighted by Gasteiger charge is -2.12. The molecule has 4 rings (SSSR count). The van der Waals surface area contributed by atoms with E-state index in [2.05, 4.69) is 84.0 Å². The second-order valence-electron chi connectivity index (χ2n) is 11.1. The lowest BCUT2D eigenvalue weighted by molar-refractivity contribution is -0.709. The third kappa shape index (κ3) is 9.83. The Labute approximate surface area is 272 Å². The van der Waals surface area contributed by atoms with Crippen LogP contribution in [0.5, 0.6) is 11.5 Å². The van der Waals surface area contributed by atoms with Crippen molar-refractivity contribution in [1.82, 2.24) is 0 Å². The predicted molar refractivity (Wildman–Crippen MR) is 187 cm³/mol. The van der Waals surface area contributed by atoms with Crippen molar-refractivity contribution in [3.8, 4) is 11.5 Å². The van der Waals surface area contributed by atoms with E-state index in [1.807, 2.05) is 68.7 Å². The number of hydrogen-bond donors (Lipinski definition) is 0. The number of carbonyl (C=O) groups excluding carboxylic acids is 1. The van der Waals surface area contributed by atoms with Gasteiger partial charge in [-0.3, -0.25) is 0 Å². The Bertz CT molecular complexity index is 1720. The maximum Gasteiger partial charge on any atom is 0.182 e. The number of carboxylic acids is 1. The number of aliphatic carboxylic acids is 1. The molecule has 0 saturated carbocycles. The zero-order valence-corrected chi connectivity index (χ0v) is 27.3. The van der Waals surface area contributed by atoms with Crippen molar-refractivity contribution in [2.45, 2.75) is 26.8 Å². The molecule has 0 bridgehead atoms. The second-order valence-corrected chi connectivity index (χ2v) is 11.1. The molecule has 3 aromatic carbocycles. The van der Waals surface area contributed by atoms with Crippen LogP contribution in [0.25, 0.3) is 24.3 Å². The quantitative estimate of drug-likeness (QED) is 0.0923. The highest BCUT2D eigenvalue weighted by molar-refractivity contribution is 5.84. The molecule has 0 aliphatic carbocycles. The van der Waals surface area contributed by atoms with Crippen molar-refractivity contribution in [2.75, 3.05) is 32.7 Å². The first-order valence-electron chi connectivity index (χ1n) is 15.3. The molecule has 0 amide bonds. The summed E-state index contributed by atoms with van der Waals surface area (Å²) in [6.45, 7) is 5.45. The number of methoxy groups -OCH3 is 1. The molecular formula is C40H42N2O4. The maximum atomic E-state index is 10.8. The Hall–Kier alpha value is -5.36. The highest BCUT2D eigenvalue weighted by Gasteiger charge is 2.13. The first-order chi connectivity index (χ1) is 22.2. The number of pyridine rings is 1. The average Bonchev–Trinajstić information content (AvgIpc) is 3.04. The van der Waals surface area contributed by atoms with Crippen molar-refractivity contribution >= 4 is 36.0 Å². The van der Waals surface area contributed by atoms with Crippen LogP contribution in [0.4, 0.5) is 5.69 Å². The molecule has 6 nitrogen and oxygen atoms in total. The zero-order valence-electron chi connectivity index (χ0n) is 27.3. The fraction of sp³-hybridized carbons (Fsp3) is 0.200. The average molecular weight is 615 g/mol. The van der Waals surface area contributed by atoms with E-state index >= 15 is 0 Å². The molecule has 1 aromatic heterocycles. The van der Waals surface area contributed by atoms with Crippen LogP contribution in [0.3, 0.4) is 0 Å². The van der Waals surface area contributed by atoms with Crippen LogP contribution >= 0.6 is 0 Å². The van der Waals surface area contributed by atoms with Crippen molar-refractivity contribution in [3.63, 3.8) is 0 Å². The fourth-order valence-electron chi connectivity index (χ4n) is 5.12. The van der Waals surface area contributed by atoms with Crippen molar-refractivity contribution in [3.05, 3.63) is 142 Å². The molecule has 1 heterocycles. The Morgan fingerprint density at radius 1 is 0.804 bits per heavy atom. The third-order valence-electron chi connectivity index (χ3n) is 7.55. The number of aryl methyl sites for hydroxylation is 2. The summed E-state index contributed by atoms with van der Waals surface area (Å²) in [7, 11) is 5.73. The Morgan fingerprint density at radius 2 is 1.46 bits per heavy atom. The molecule has 236 valence electrons. The summed E-state index contributed by atoms with van der Waals surface area (Å²) < 4.78 is 14.0. The van der Waals surface area contributed by atoms with E-state index in [1.54, 1.807) is 13.2 Å². The van der Waals surface area contributed by atoms with E-state index in [0.29, 0.717) is 31.1 Å². The Morgan fingerprint density at radius 3 is 2.09 bits per heavy atom. The lowest BCUT2D eigenvalue weighted by Crippen LogP contribution is -2.42. The van der Waals surface area contributed by atoms with E-state index in [0.717, 1.165) is 39.7 Å². The van der Waals surface area contributed by atoms with Gasteiger partial charge in [0.1, 0.15) is 6.61 Å². The fourth-order valence-corrected chi connectivity index (χ4v) is 5.12. The van der Waals surface area contributed by atoms with Gasteiger partial charge >= 0.3 is 0 Å². The summed E-state index contributed by atoms with van der Waals surface area (Å²) in [6, 6.07) is 26.4. The molecule has 0 aliphatic rings. The number of hydrogen-bond acceptors (Lipinski definition) is 5. The number of rotatable bonds is 14. The van der Waals surface area contributed by atoms with Crippen LogP contribution in [0.2, 0.25) is 0 Å². The third-order valence-corrected chi connectivity index (χ3v) is 7.55. The van der Waals surface area contributed by atoms with Gasteiger partial charge < -0.3 is 24.3 Å². The van der Waals surface area contributed by atoms with Gasteiger partial charge in [-0.15, -0.1) is 0 Å². The Balaban J connectivity index is 1.32. The second kappa shape index (κ2) is 16.6. The smallest absolute Gasteiger partial charge is 0.182 e. The summed E-state index contributed by atoms with van der Waals surface area (Å²) in [6.07, 6.45) is 15.7. The summed E-state index contributed by atoms with van der Waals surface area (Å²) in [5.74, 6) is 0.167. The summed E-state index contributed by atoms with van der Waals surface area (Å²) in [4.78, 5) is 12.9. The summed E-state index contributed by atoms with van der Waals surface area (Å²) >= 11 is 0. The Kier molecular flexibility index (Phi) is 12.1. The predicted octanol–water partition coefficient (Wildman–Crippen LogP) is 6.49. The van der Waals surface area contributed by atoms with Crippen LogP contribution in [-0.4, -0.2) is 33.8 Å². The molecule has 0 spiro atoms. The topological polar surface area (TPSA) is 65.7 Å². The molecule has 4 aromatic rings. The number of nitrogens with zero attached hydrogens (tertiary/aromatic N) is 2. The molecule has 0 unspecified atom stereocenters. The minimum atomic E-state index is -1.22. The van der Waals surface area contributed by atoms with Crippen LogP contribution in [0.1, 0.15) is 39.2 Å². The molecule has 0 N–H and O–H groups in total. The number of carboxylic acid groups (broad SMARTS) is 1. The van der Waals surface area contributed by atoms with Gasteiger partial charge in [0.2, 0.25) is 0 Å². The van der Waals surface area contributed by atoms with Crippen LogP contribution in [-0.2, 0) is 17.8 Å². The van der Waals surface area contributed by atoms with Gasteiger partial charge in [0.15, 0.2) is 29.4 Å². The maximum absolute atomic E-state index is 10.8. The highest BCUT2D eigenvalue weighted by Crippen LogP contribution is 2.28. The van der Waals surface area contributed by atoms with Crippen molar-refractivity contribution in [1.29, 1.82) is 0 Å². The largest absolute Gasteiger partial charge is 0.545 e. The van der Waals surface area contributed by atoms with E-state index in [-0.39, 0.29) is 0 Å². The molecule has 0 aliphatic heterocycles. The van der Waals surface area contributed by atoms with Gasteiger partial charge in [-0.05, 0) is 64.6 Å². The van der Waals surface area contributed by atoms with Gasteiger partial charge in [0, 0.05) is 45.8 Å². The molecule has 46 heavy (non-hydrogen) atoms. The van der Waals surface area contributed by atoms with Gasteiger partial charge in [0.25, 0.3) is 0 Å². The number of aromatic nitrogens is 1. The van der Waals surface area contributed by atoms with E-state index in [1.165, 1.54) is 11.3 Å². The molecule has 0 saturated heterocycles. The number of carbonyl (C=O) groups is 1.